The molecule has 5 nitrogen and oxygen atoms in total. The summed E-state index contributed by atoms with van der Waals surface area (Å²) in [6.07, 6.45) is 59.3. The van der Waals surface area contributed by atoms with Gasteiger partial charge in [-0.2, -0.15) is 0 Å². The topological polar surface area (TPSA) is 89.8 Å². The highest BCUT2D eigenvalue weighted by Crippen LogP contribution is 2.17. The minimum atomic E-state index is -1.16. The van der Waals surface area contributed by atoms with Crippen molar-refractivity contribution in [3.63, 3.8) is 0 Å². The van der Waals surface area contributed by atoms with Crippen LogP contribution in [0.1, 0.15) is 296 Å². The van der Waals surface area contributed by atoms with Crippen molar-refractivity contribution >= 4 is 5.91 Å². The lowest BCUT2D eigenvalue weighted by molar-refractivity contribution is -0.124. The molecule has 0 saturated heterocycles. The maximum Gasteiger partial charge on any atom is 0.220 e. The second-order valence-corrected chi connectivity index (χ2v) is 18.4. The summed E-state index contributed by atoms with van der Waals surface area (Å²) in [5.74, 6) is -0.147. The number of amides is 1. The molecule has 0 aromatic carbocycles. The summed E-state index contributed by atoms with van der Waals surface area (Å²) in [6, 6.07) is -0.822. The maximum absolute atomic E-state index is 12.5. The fourth-order valence-corrected chi connectivity index (χ4v) is 8.52. The lowest BCUT2D eigenvalue weighted by Crippen LogP contribution is -2.50. The molecule has 0 aromatic rings. The van der Waals surface area contributed by atoms with E-state index in [-0.39, 0.29) is 12.5 Å². The zero-order chi connectivity index (χ0) is 42.3. The highest BCUT2D eigenvalue weighted by Gasteiger charge is 2.26. The number of aliphatic hydroxyl groups is 3. The summed E-state index contributed by atoms with van der Waals surface area (Å²) in [6.45, 7) is 4.20. The summed E-state index contributed by atoms with van der Waals surface area (Å²) in [5, 5.41) is 33.7. The quantitative estimate of drug-likeness (QED) is 0.0364. The van der Waals surface area contributed by atoms with Crippen LogP contribution in [0.2, 0.25) is 0 Å². The van der Waals surface area contributed by atoms with Crippen LogP contribution < -0.4 is 5.32 Å². The summed E-state index contributed by atoms with van der Waals surface area (Å²) < 4.78 is 0. The van der Waals surface area contributed by atoms with Gasteiger partial charge in [0.1, 0.15) is 6.10 Å². The highest BCUT2D eigenvalue weighted by molar-refractivity contribution is 5.76. The Hall–Kier alpha value is -0.910. The number of nitrogens with one attached hydrogen (secondary N) is 1. The molecule has 0 aliphatic rings. The largest absolute Gasteiger partial charge is 0.394 e. The van der Waals surface area contributed by atoms with Crippen molar-refractivity contribution in [3.8, 4) is 0 Å². The molecule has 0 aliphatic heterocycles. The van der Waals surface area contributed by atoms with E-state index in [9.17, 15) is 20.1 Å². The molecule has 0 spiro atoms. The Kier molecular flexibility index (Phi) is 48.0. The van der Waals surface area contributed by atoms with Crippen LogP contribution in [0.3, 0.4) is 0 Å². The molecule has 0 aromatic heterocycles. The first-order chi connectivity index (χ1) is 28.6. The Morgan fingerprint density at radius 2 is 0.690 bits per heavy atom. The van der Waals surface area contributed by atoms with Crippen LogP contribution in [0.4, 0.5) is 0 Å². The number of allylic oxidation sites excluding steroid dienone is 2. The third-order valence-corrected chi connectivity index (χ3v) is 12.6. The Morgan fingerprint density at radius 1 is 0.414 bits per heavy atom. The standard InChI is InChI=1S/C53H105NO4/c1-3-5-7-9-11-13-15-17-19-21-23-24-25-26-27-28-30-32-34-36-38-40-42-44-46-48-52(57)54-50(49-55)53(58)51(56)47-45-43-41-39-37-35-33-31-29-22-20-18-16-14-12-10-8-6-4-2/h39,41,50-51,53,55-56,58H,3-38,40,42-49H2,1-2H3,(H,54,57)/b41-39+. The molecule has 0 radical (unpaired) electrons. The van der Waals surface area contributed by atoms with Gasteiger partial charge in [-0.3, -0.25) is 4.79 Å². The van der Waals surface area contributed by atoms with Gasteiger partial charge >= 0.3 is 0 Å². The van der Waals surface area contributed by atoms with Gasteiger partial charge in [0, 0.05) is 6.42 Å². The van der Waals surface area contributed by atoms with Crippen molar-refractivity contribution in [1.29, 1.82) is 0 Å². The minimum absolute atomic E-state index is 0.147. The molecule has 5 heteroatoms. The molecule has 0 saturated carbocycles. The molecule has 0 rings (SSSR count). The Bertz CT molecular complexity index is 818. The van der Waals surface area contributed by atoms with E-state index in [1.807, 2.05) is 0 Å². The second-order valence-electron chi connectivity index (χ2n) is 18.4. The van der Waals surface area contributed by atoms with Crippen molar-refractivity contribution in [2.75, 3.05) is 6.61 Å². The molecule has 4 N–H and O–H groups in total. The molecule has 58 heavy (non-hydrogen) atoms. The molecule has 1 amide bonds. The first-order valence-electron chi connectivity index (χ1n) is 26.5. The first kappa shape index (κ1) is 57.1. The van der Waals surface area contributed by atoms with Crippen molar-refractivity contribution in [3.05, 3.63) is 12.2 Å². The lowest BCUT2D eigenvalue weighted by atomic mass is 10.0. The predicted octanol–water partition coefficient (Wildman–Crippen LogP) is 15.9. The minimum Gasteiger partial charge on any atom is -0.394 e. The zero-order valence-electron chi connectivity index (χ0n) is 39.5. The smallest absolute Gasteiger partial charge is 0.220 e. The molecule has 0 aliphatic carbocycles. The monoisotopic (exact) mass is 820 g/mol. The number of carbonyl (C=O) groups is 1. The zero-order valence-corrected chi connectivity index (χ0v) is 39.5. The molecule has 3 unspecified atom stereocenters. The van der Waals surface area contributed by atoms with Gasteiger partial charge in [0.05, 0.1) is 18.8 Å². The van der Waals surface area contributed by atoms with Crippen molar-refractivity contribution < 1.29 is 20.1 Å². The fraction of sp³-hybridized carbons (Fsp3) is 0.943. The number of hydrogen-bond donors (Lipinski definition) is 4. The van der Waals surface area contributed by atoms with E-state index >= 15 is 0 Å². The predicted molar refractivity (Wildman–Crippen MR) is 255 cm³/mol. The number of hydrogen-bond acceptors (Lipinski definition) is 4. The molecule has 346 valence electrons. The average molecular weight is 820 g/mol. The molecule has 0 bridgehead atoms. The molecule has 0 fully saturated rings. The van der Waals surface area contributed by atoms with Gasteiger partial charge in [0.25, 0.3) is 0 Å². The van der Waals surface area contributed by atoms with Crippen LogP contribution in [0.15, 0.2) is 12.2 Å². The Morgan fingerprint density at radius 3 is 1.00 bits per heavy atom. The number of aliphatic hydroxyl groups excluding tert-OH is 3. The summed E-state index contributed by atoms with van der Waals surface area (Å²) >= 11 is 0. The average Bonchev–Trinajstić information content (AvgIpc) is 3.23. The molecular formula is C53H105NO4. The van der Waals surface area contributed by atoms with E-state index in [1.165, 1.54) is 231 Å². The Balaban J connectivity index is 3.55. The van der Waals surface area contributed by atoms with Crippen LogP contribution in [-0.2, 0) is 4.79 Å². The lowest BCUT2D eigenvalue weighted by Gasteiger charge is -2.26. The van der Waals surface area contributed by atoms with Crippen LogP contribution in [0.25, 0.3) is 0 Å². The van der Waals surface area contributed by atoms with Gasteiger partial charge in [-0.05, 0) is 38.5 Å². The van der Waals surface area contributed by atoms with Gasteiger partial charge in [-0.1, -0.05) is 264 Å². The van der Waals surface area contributed by atoms with E-state index < -0.39 is 18.2 Å². The molecule has 3 atom stereocenters. The van der Waals surface area contributed by atoms with Gasteiger partial charge in [0.15, 0.2) is 0 Å². The van der Waals surface area contributed by atoms with E-state index in [0.717, 1.165) is 38.5 Å². The SMILES string of the molecule is CCCCCCCCCCCCCCCC/C=C/CCCC(O)C(O)C(CO)NC(=O)CCCCCCCCCCCCCCCCCCCCCCCCCCC. The number of rotatable bonds is 49. The van der Waals surface area contributed by atoms with Crippen molar-refractivity contribution in [1.82, 2.24) is 5.32 Å². The van der Waals surface area contributed by atoms with Crippen LogP contribution >= 0.6 is 0 Å². The number of carbonyl (C=O) groups excluding carboxylic acids is 1. The first-order valence-corrected chi connectivity index (χ1v) is 26.5. The fourth-order valence-electron chi connectivity index (χ4n) is 8.52. The van der Waals surface area contributed by atoms with Gasteiger partial charge in [-0.15, -0.1) is 0 Å². The Labute approximate surface area is 363 Å². The van der Waals surface area contributed by atoms with Crippen LogP contribution in [0.5, 0.6) is 0 Å². The normalized spacial score (nSPS) is 13.4. The third kappa shape index (κ3) is 43.2. The van der Waals surface area contributed by atoms with Crippen LogP contribution in [0, 0.1) is 0 Å². The van der Waals surface area contributed by atoms with Crippen molar-refractivity contribution in [2.24, 2.45) is 0 Å². The van der Waals surface area contributed by atoms with Gasteiger partial charge < -0.3 is 20.6 Å². The van der Waals surface area contributed by atoms with E-state index in [4.69, 9.17) is 0 Å². The third-order valence-electron chi connectivity index (χ3n) is 12.6. The van der Waals surface area contributed by atoms with E-state index in [0.29, 0.717) is 12.8 Å². The molecular weight excluding hydrogens is 715 g/mol. The maximum atomic E-state index is 12.5. The second kappa shape index (κ2) is 48.8. The van der Waals surface area contributed by atoms with Crippen molar-refractivity contribution in [2.45, 2.75) is 315 Å². The van der Waals surface area contributed by atoms with E-state index in [2.05, 4.69) is 31.3 Å². The van der Waals surface area contributed by atoms with Gasteiger partial charge in [0.2, 0.25) is 5.91 Å². The number of unbranched alkanes of at least 4 members (excludes halogenated alkanes) is 39. The molecule has 0 heterocycles. The summed E-state index contributed by atoms with van der Waals surface area (Å²) in [5.41, 5.74) is 0. The summed E-state index contributed by atoms with van der Waals surface area (Å²) in [7, 11) is 0. The summed E-state index contributed by atoms with van der Waals surface area (Å²) in [4.78, 5) is 12.5. The highest BCUT2D eigenvalue weighted by atomic mass is 16.3. The van der Waals surface area contributed by atoms with E-state index in [1.54, 1.807) is 0 Å². The van der Waals surface area contributed by atoms with Gasteiger partial charge in [-0.25, -0.2) is 0 Å². The van der Waals surface area contributed by atoms with Crippen LogP contribution in [-0.4, -0.2) is 46.1 Å².